The molecule has 1 aromatic rings. The highest BCUT2D eigenvalue weighted by Gasteiger charge is 2.35. The molecule has 0 saturated heterocycles. The van der Waals surface area contributed by atoms with Crippen molar-refractivity contribution in [3.8, 4) is 5.75 Å². The molecule has 26 heavy (non-hydrogen) atoms. The molecule has 1 aliphatic rings. The average molecular weight is 424 g/mol. The predicted octanol–water partition coefficient (Wildman–Crippen LogP) is 4.48. The molecule has 0 heterocycles. The molecule has 1 aliphatic carbocycles. The first-order valence-electron chi connectivity index (χ1n) is 7.93. The molecule has 1 N–H and O–H groups in total. The van der Waals surface area contributed by atoms with Crippen molar-refractivity contribution in [1.29, 1.82) is 0 Å². The fraction of sp³-hybridized carbons (Fsp3) is 0.471. The third kappa shape index (κ3) is 4.81. The zero-order valence-corrected chi connectivity index (χ0v) is 16.3. The van der Waals surface area contributed by atoms with Crippen molar-refractivity contribution in [2.24, 2.45) is 17.8 Å². The summed E-state index contributed by atoms with van der Waals surface area (Å²) in [6, 6.07) is 1.15. The summed E-state index contributed by atoms with van der Waals surface area (Å²) < 4.78 is 10.0. The number of halogens is 3. The first kappa shape index (κ1) is 20.8. The number of hydrogen-bond donors (Lipinski definition) is 1. The van der Waals surface area contributed by atoms with Crippen molar-refractivity contribution in [3.63, 3.8) is 0 Å². The Bertz CT molecular complexity index is 741. The Balaban J connectivity index is 2.29. The second kappa shape index (κ2) is 8.46. The summed E-state index contributed by atoms with van der Waals surface area (Å²) in [4.78, 5) is 34.7. The zero-order chi connectivity index (χ0) is 19.6. The molecular formula is C17H17Cl3O6. The van der Waals surface area contributed by atoms with Gasteiger partial charge in [-0.1, -0.05) is 48.7 Å². The number of carbonyl (C=O) groups excluding carboxylic acids is 2. The molecule has 1 atom stereocenters. The number of esters is 2. The van der Waals surface area contributed by atoms with Crippen molar-refractivity contribution in [2.45, 2.75) is 26.7 Å². The molecule has 1 saturated carbocycles. The topological polar surface area (TPSA) is 89.9 Å². The van der Waals surface area contributed by atoms with E-state index in [4.69, 9.17) is 49.4 Å². The van der Waals surface area contributed by atoms with Gasteiger partial charge in [0.05, 0.1) is 21.7 Å². The van der Waals surface area contributed by atoms with Gasteiger partial charge in [-0.2, -0.15) is 0 Å². The predicted molar refractivity (Wildman–Crippen MR) is 96.1 cm³/mol. The summed E-state index contributed by atoms with van der Waals surface area (Å²) in [7, 11) is 0. The van der Waals surface area contributed by atoms with Crippen molar-refractivity contribution in [2.75, 3.05) is 6.61 Å². The number of rotatable bonds is 6. The van der Waals surface area contributed by atoms with Crippen LogP contribution in [0, 0.1) is 17.8 Å². The molecule has 1 fully saturated rings. The first-order chi connectivity index (χ1) is 12.1. The van der Waals surface area contributed by atoms with Gasteiger partial charge in [-0.05, 0) is 36.7 Å². The molecule has 0 aliphatic heterocycles. The minimum absolute atomic E-state index is 0.0543. The lowest BCUT2D eigenvalue weighted by Gasteiger charge is -2.21. The maximum Gasteiger partial charge on any atom is 0.422 e. The Kier molecular flexibility index (Phi) is 6.77. The van der Waals surface area contributed by atoms with E-state index < -0.39 is 23.7 Å². The molecule has 0 spiro atoms. The first-order valence-corrected chi connectivity index (χ1v) is 9.06. The molecule has 142 valence electrons. The summed E-state index contributed by atoms with van der Waals surface area (Å²) in [6.45, 7) is 4.24. The SMILES string of the molecule is CC(C)C(COC(=O)c1c(Cl)c(Cl)cc(Cl)c1OC(=O)C(=O)O)C1CC1. The molecule has 2 rings (SSSR count). The van der Waals surface area contributed by atoms with Gasteiger partial charge in [0.25, 0.3) is 0 Å². The monoisotopic (exact) mass is 422 g/mol. The number of carboxylic acids is 1. The van der Waals surface area contributed by atoms with Crippen LogP contribution in [-0.4, -0.2) is 29.6 Å². The van der Waals surface area contributed by atoms with Crippen LogP contribution in [0.2, 0.25) is 15.1 Å². The average Bonchev–Trinajstić information content (AvgIpc) is 3.37. The van der Waals surface area contributed by atoms with Crippen LogP contribution in [0.4, 0.5) is 0 Å². The normalized spacial score (nSPS) is 14.8. The van der Waals surface area contributed by atoms with Gasteiger partial charge in [-0.25, -0.2) is 14.4 Å². The molecule has 6 nitrogen and oxygen atoms in total. The number of carboxylic acid groups (broad SMARTS) is 1. The third-order valence-corrected chi connectivity index (χ3v) is 5.26. The highest BCUT2D eigenvalue weighted by Crippen LogP contribution is 2.42. The van der Waals surface area contributed by atoms with Crippen LogP contribution in [0.25, 0.3) is 0 Å². The van der Waals surface area contributed by atoms with Crippen molar-refractivity contribution in [3.05, 3.63) is 26.7 Å². The Hall–Kier alpha value is -1.50. The van der Waals surface area contributed by atoms with E-state index in [1.807, 2.05) is 13.8 Å². The fourth-order valence-corrected chi connectivity index (χ4v) is 3.36. The fourth-order valence-electron chi connectivity index (χ4n) is 2.64. The lowest BCUT2D eigenvalue weighted by Crippen LogP contribution is -2.23. The maximum atomic E-state index is 12.5. The highest BCUT2D eigenvalue weighted by molar-refractivity contribution is 6.46. The van der Waals surface area contributed by atoms with Crippen LogP contribution in [0.3, 0.4) is 0 Å². The van der Waals surface area contributed by atoms with Gasteiger partial charge < -0.3 is 14.6 Å². The van der Waals surface area contributed by atoms with Crippen LogP contribution >= 0.6 is 34.8 Å². The molecule has 0 bridgehead atoms. The molecule has 0 radical (unpaired) electrons. The maximum absolute atomic E-state index is 12.5. The Morgan fingerprint density at radius 3 is 2.31 bits per heavy atom. The summed E-state index contributed by atoms with van der Waals surface area (Å²) in [5.74, 6) is -3.83. The van der Waals surface area contributed by atoms with E-state index in [9.17, 15) is 14.4 Å². The molecule has 0 amide bonds. The lowest BCUT2D eigenvalue weighted by molar-refractivity contribution is -0.158. The van der Waals surface area contributed by atoms with E-state index in [1.165, 1.54) is 0 Å². The van der Waals surface area contributed by atoms with E-state index in [0.717, 1.165) is 18.9 Å². The number of ether oxygens (including phenoxy) is 2. The summed E-state index contributed by atoms with van der Waals surface area (Å²) in [6.07, 6.45) is 2.18. The second-order valence-corrected chi connectivity index (χ2v) is 7.59. The Morgan fingerprint density at radius 1 is 1.19 bits per heavy atom. The van der Waals surface area contributed by atoms with E-state index in [2.05, 4.69) is 0 Å². The van der Waals surface area contributed by atoms with Crippen molar-refractivity contribution < 1.29 is 29.0 Å². The van der Waals surface area contributed by atoms with Gasteiger partial charge in [0.15, 0.2) is 5.75 Å². The van der Waals surface area contributed by atoms with Gasteiger partial charge in [0.2, 0.25) is 0 Å². The third-order valence-electron chi connectivity index (χ3n) is 4.19. The standard InChI is InChI=1S/C17H17Cl3O6/c1-7(2)9(8-3-4-8)6-25-16(23)12-13(20)10(18)5-11(19)14(12)26-17(24)15(21)22/h5,7-9H,3-4,6H2,1-2H3,(H,21,22). The number of hydrogen-bond acceptors (Lipinski definition) is 5. The van der Waals surface area contributed by atoms with Crippen LogP contribution in [0.15, 0.2) is 6.07 Å². The molecule has 9 heteroatoms. The lowest BCUT2D eigenvalue weighted by atomic mass is 9.92. The van der Waals surface area contributed by atoms with Crippen LogP contribution in [0.1, 0.15) is 37.0 Å². The number of benzene rings is 1. The van der Waals surface area contributed by atoms with Crippen LogP contribution in [0.5, 0.6) is 5.75 Å². The van der Waals surface area contributed by atoms with E-state index >= 15 is 0 Å². The van der Waals surface area contributed by atoms with Gasteiger partial charge in [-0.15, -0.1) is 0 Å². The summed E-state index contributed by atoms with van der Waals surface area (Å²) in [5, 5.41) is 8.18. The quantitative estimate of drug-likeness (QED) is 0.314. The molecule has 1 aromatic carbocycles. The Morgan fingerprint density at radius 2 is 1.81 bits per heavy atom. The minimum atomic E-state index is -1.85. The molecule has 0 aromatic heterocycles. The van der Waals surface area contributed by atoms with Gasteiger partial charge in [-0.3, -0.25) is 0 Å². The van der Waals surface area contributed by atoms with E-state index in [-0.39, 0.29) is 33.2 Å². The van der Waals surface area contributed by atoms with E-state index in [1.54, 1.807) is 0 Å². The zero-order valence-electron chi connectivity index (χ0n) is 14.1. The van der Waals surface area contributed by atoms with Crippen molar-refractivity contribution in [1.82, 2.24) is 0 Å². The molecule has 1 unspecified atom stereocenters. The van der Waals surface area contributed by atoms with Gasteiger partial charge in [0.1, 0.15) is 5.56 Å². The van der Waals surface area contributed by atoms with Crippen LogP contribution in [-0.2, 0) is 14.3 Å². The smallest absolute Gasteiger partial charge is 0.422 e. The van der Waals surface area contributed by atoms with Gasteiger partial charge in [0, 0.05) is 0 Å². The largest absolute Gasteiger partial charge is 0.473 e. The summed E-state index contributed by atoms with van der Waals surface area (Å²) in [5.41, 5.74) is -0.378. The van der Waals surface area contributed by atoms with Crippen molar-refractivity contribution >= 4 is 52.7 Å². The highest BCUT2D eigenvalue weighted by atomic mass is 35.5. The number of aliphatic carboxylic acids is 1. The Labute approximate surface area is 165 Å². The second-order valence-electron chi connectivity index (χ2n) is 6.40. The van der Waals surface area contributed by atoms with Crippen LogP contribution < -0.4 is 4.74 Å². The molecular weight excluding hydrogens is 407 g/mol. The van der Waals surface area contributed by atoms with E-state index in [0.29, 0.717) is 11.8 Å². The minimum Gasteiger partial charge on any atom is -0.473 e. The number of carbonyl (C=O) groups is 3. The van der Waals surface area contributed by atoms with Gasteiger partial charge >= 0.3 is 17.9 Å². The summed E-state index contributed by atoms with van der Waals surface area (Å²) >= 11 is 17.9.